The molecular weight excluding hydrogens is 348 g/mol. The zero-order valence-corrected chi connectivity index (χ0v) is 16.1. The van der Waals surface area contributed by atoms with E-state index in [-0.39, 0.29) is 11.0 Å². The minimum Gasteiger partial charge on any atom is -0.493 e. The van der Waals surface area contributed by atoms with Crippen molar-refractivity contribution in [2.75, 3.05) is 13.7 Å². The molecule has 0 spiro atoms. The van der Waals surface area contributed by atoms with E-state index in [1.165, 1.54) is 0 Å². The minimum atomic E-state index is -0.233. The number of carbonyl (C=O) groups excluding carboxylic acids is 1. The lowest BCUT2D eigenvalue weighted by Crippen LogP contribution is -2.38. The summed E-state index contributed by atoms with van der Waals surface area (Å²) in [6, 6.07) is 13.0. The molecule has 0 saturated carbocycles. The van der Waals surface area contributed by atoms with Crippen molar-refractivity contribution < 1.29 is 14.3 Å². The number of nitrogens with one attached hydrogen (secondary N) is 2. The van der Waals surface area contributed by atoms with E-state index in [0.29, 0.717) is 30.2 Å². The Morgan fingerprint density at radius 1 is 1.12 bits per heavy atom. The zero-order chi connectivity index (χ0) is 18.9. The molecule has 0 fully saturated rings. The Balaban J connectivity index is 1.90. The van der Waals surface area contributed by atoms with E-state index in [4.69, 9.17) is 21.7 Å². The molecule has 0 aromatic heterocycles. The minimum absolute atomic E-state index is 0.233. The summed E-state index contributed by atoms with van der Waals surface area (Å²) in [5.74, 6) is 1.16. The van der Waals surface area contributed by atoms with Gasteiger partial charge in [-0.1, -0.05) is 30.7 Å². The standard InChI is InChI=1S/C20H24N2O3S/c1-4-11-25-17-10-7-15(12-18(17)24-3)13-21-20(26)22-19(23)16-8-5-14(2)6-9-16/h5-10,12H,4,11,13H2,1-3H3,(H2,21,22,23,26). The van der Waals surface area contributed by atoms with Crippen molar-refractivity contribution in [3.63, 3.8) is 0 Å². The summed E-state index contributed by atoms with van der Waals surface area (Å²) in [7, 11) is 1.61. The van der Waals surface area contributed by atoms with Crippen molar-refractivity contribution in [3.8, 4) is 11.5 Å². The Morgan fingerprint density at radius 2 is 1.85 bits per heavy atom. The Kier molecular flexibility index (Phi) is 7.41. The average Bonchev–Trinajstić information content (AvgIpc) is 2.65. The van der Waals surface area contributed by atoms with Crippen LogP contribution in [-0.4, -0.2) is 24.7 Å². The van der Waals surface area contributed by atoms with Gasteiger partial charge in [0.15, 0.2) is 16.6 Å². The third kappa shape index (κ3) is 5.74. The zero-order valence-electron chi connectivity index (χ0n) is 15.3. The van der Waals surface area contributed by atoms with Crippen LogP contribution in [0.5, 0.6) is 11.5 Å². The highest BCUT2D eigenvalue weighted by atomic mass is 32.1. The molecule has 0 bridgehead atoms. The van der Waals surface area contributed by atoms with Crippen molar-refractivity contribution in [1.29, 1.82) is 0 Å². The van der Waals surface area contributed by atoms with Gasteiger partial charge in [-0.05, 0) is 55.4 Å². The quantitative estimate of drug-likeness (QED) is 0.728. The van der Waals surface area contributed by atoms with Crippen LogP contribution in [0.1, 0.15) is 34.8 Å². The summed E-state index contributed by atoms with van der Waals surface area (Å²) >= 11 is 5.20. The first-order valence-electron chi connectivity index (χ1n) is 8.49. The lowest BCUT2D eigenvalue weighted by Gasteiger charge is -2.13. The Labute approximate surface area is 159 Å². The molecule has 26 heavy (non-hydrogen) atoms. The lowest BCUT2D eigenvalue weighted by atomic mass is 10.1. The molecule has 2 aromatic rings. The molecule has 0 atom stereocenters. The second-order valence-corrected chi connectivity index (χ2v) is 6.24. The Morgan fingerprint density at radius 3 is 2.50 bits per heavy atom. The van der Waals surface area contributed by atoms with Crippen LogP contribution in [-0.2, 0) is 6.54 Å². The summed E-state index contributed by atoms with van der Waals surface area (Å²) in [5.41, 5.74) is 2.64. The molecule has 2 rings (SSSR count). The van der Waals surface area contributed by atoms with E-state index >= 15 is 0 Å². The van der Waals surface area contributed by atoms with E-state index in [1.807, 2.05) is 37.3 Å². The third-order valence-corrected chi connectivity index (χ3v) is 3.93. The van der Waals surface area contributed by atoms with Gasteiger partial charge in [0.05, 0.1) is 13.7 Å². The summed E-state index contributed by atoms with van der Waals surface area (Å²) in [4.78, 5) is 12.1. The fraction of sp³-hybridized carbons (Fsp3) is 0.300. The van der Waals surface area contributed by atoms with Crippen LogP contribution in [0.4, 0.5) is 0 Å². The molecule has 0 aliphatic heterocycles. The number of amides is 1. The predicted molar refractivity (Wildman–Crippen MR) is 107 cm³/mol. The van der Waals surface area contributed by atoms with Crippen LogP contribution in [0.2, 0.25) is 0 Å². The maximum Gasteiger partial charge on any atom is 0.257 e. The van der Waals surface area contributed by atoms with Gasteiger partial charge in [-0.15, -0.1) is 0 Å². The number of ether oxygens (including phenoxy) is 2. The SMILES string of the molecule is CCCOc1ccc(CNC(=S)NC(=O)c2ccc(C)cc2)cc1OC. The van der Waals surface area contributed by atoms with Gasteiger partial charge in [-0.3, -0.25) is 10.1 Å². The molecule has 2 N–H and O–H groups in total. The summed E-state index contributed by atoms with van der Waals surface area (Å²) in [6.07, 6.45) is 0.932. The van der Waals surface area contributed by atoms with Crippen LogP contribution < -0.4 is 20.1 Å². The molecule has 138 valence electrons. The first-order chi connectivity index (χ1) is 12.5. The molecular formula is C20H24N2O3S. The van der Waals surface area contributed by atoms with Crippen LogP contribution in [0, 0.1) is 6.92 Å². The lowest BCUT2D eigenvalue weighted by molar-refractivity contribution is 0.0976. The second kappa shape index (κ2) is 9.77. The van der Waals surface area contributed by atoms with Crippen molar-refractivity contribution in [1.82, 2.24) is 10.6 Å². The molecule has 5 nitrogen and oxygen atoms in total. The van der Waals surface area contributed by atoms with Gasteiger partial charge >= 0.3 is 0 Å². The predicted octanol–water partition coefficient (Wildman–Crippen LogP) is 3.60. The van der Waals surface area contributed by atoms with Crippen LogP contribution in [0.25, 0.3) is 0 Å². The van der Waals surface area contributed by atoms with E-state index in [1.54, 1.807) is 19.2 Å². The van der Waals surface area contributed by atoms with E-state index in [0.717, 1.165) is 17.5 Å². The van der Waals surface area contributed by atoms with Gasteiger partial charge in [0.25, 0.3) is 5.91 Å². The topological polar surface area (TPSA) is 59.6 Å². The number of benzene rings is 2. The van der Waals surface area contributed by atoms with Crippen molar-refractivity contribution in [3.05, 3.63) is 59.2 Å². The maximum atomic E-state index is 12.1. The second-order valence-electron chi connectivity index (χ2n) is 5.84. The van der Waals surface area contributed by atoms with E-state index in [9.17, 15) is 4.79 Å². The summed E-state index contributed by atoms with van der Waals surface area (Å²) in [6.45, 7) is 5.14. The Bertz CT molecular complexity index is 760. The first-order valence-corrected chi connectivity index (χ1v) is 8.90. The van der Waals surface area contributed by atoms with Gasteiger partial charge in [0.2, 0.25) is 0 Å². The van der Waals surface area contributed by atoms with Crippen molar-refractivity contribution in [2.24, 2.45) is 0 Å². The molecule has 0 radical (unpaired) electrons. The molecule has 0 saturated heterocycles. The van der Waals surface area contributed by atoms with Crippen molar-refractivity contribution in [2.45, 2.75) is 26.8 Å². The molecule has 6 heteroatoms. The fourth-order valence-electron chi connectivity index (χ4n) is 2.26. The number of rotatable bonds is 7. The molecule has 1 amide bonds. The normalized spacial score (nSPS) is 10.1. The molecule has 0 heterocycles. The van der Waals surface area contributed by atoms with Crippen LogP contribution in [0.3, 0.4) is 0 Å². The van der Waals surface area contributed by atoms with Crippen LogP contribution in [0.15, 0.2) is 42.5 Å². The highest BCUT2D eigenvalue weighted by Gasteiger charge is 2.09. The largest absolute Gasteiger partial charge is 0.493 e. The van der Waals surface area contributed by atoms with Gasteiger partial charge in [0, 0.05) is 12.1 Å². The highest BCUT2D eigenvalue weighted by molar-refractivity contribution is 7.80. The van der Waals surface area contributed by atoms with Gasteiger partial charge < -0.3 is 14.8 Å². The summed E-state index contributed by atoms with van der Waals surface area (Å²) in [5, 5.41) is 5.99. The van der Waals surface area contributed by atoms with Crippen molar-refractivity contribution >= 4 is 23.2 Å². The molecule has 0 unspecified atom stereocenters. The highest BCUT2D eigenvalue weighted by Crippen LogP contribution is 2.28. The number of thiocarbonyl (C=S) groups is 1. The number of aryl methyl sites for hydroxylation is 1. The molecule has 0 aliphatic carbocycles. The number of carbonyl (C=O) groups is 1. The van der Waals surface area contributed by atoms with E-state index < -0.39 is 0 Å². The molecule has 2 aromatic carbocycles. The monoisotopic (exact) mass is 372 g/mol. The van der Waals surface area contributed by atoms with Gasteiger partial charge in [0.1, 0.15) is 0 Å². The smallest absolute Gasteiger partial charge is 0.257 e. The fourth-order valence-corrected chi connectivity index (χ4v) is 2.42. The van der Waals surface area contributed by atoms with Gasteiger partial charge in [-0.25, -0.2) is 0 Å². The first kappa shape index (κ1) is 19.7. The number of hydrogen-bond donors (Lipinski definition) is 2. The maximum absolute atomic E-state index is 12.1. The summed E-state index contributed by atoms with van der Waals surface area (Å²) < 4.78 is 11.0. The molecule has 0 aliphatic rings. The third-order valence-electron chi connectivity index (χ3n) is 3.68. The average molecular weight is 372 g/mol. The number of methoxy groups -OCH3 is 1. The van der Waals surface area contributed by atoms with Crippen LogP contribution >= 0.6 is 12.2 Å². The van der Waals surface area contributed by atoms with Gasteiger partial charge in [-0.2, -0.15) is 0 Å². The number of hydrogen-bond acceptors (Lipinski definition) is 4. The van der Waals surface area contributed by atoms with E-state index in [2.05, 4.69) is 17.6 Å². The Hall–Kier alpha value is -2.60.